The predicted octanol–water partition coefficient (Wildman–Crippen LogP) is 2.48. The second-order valence-corrected chi connectivity index (χ2v) is 4.16. The van der Waals surface area contributed by atoms with Crippen LogP contribution >= 0.6 is 0 Å². The Kier molecular flexibility index (Phi) is 3.11. The minimum absolute atomic E-state index is 0.396. The average Bonchev–Trinajstić information content (AvgIpc) is 2.30. The van der Waals surface area contributed by atoms with Gasteiger partial charge in [0.25, 0.3) is 0 Å². The number of hydrogen-bond acceptors (Lipinski definition) is 1. The molecule has 0 unspecified atom stereocenters. The Morgan fingerprint density at radius 1 is 0.812 bits per heavy atom. The monoisotopic (exact) mass is 210 g/mol. The maximum absolute atomic E-state index is 9.42. The van der Waals surface area contributed by atoms with Crippen molar-refractivity contribution in [2.24, 2.45) is 0 Å². The van der Waals surface area contributed by atoms with Crippen LogP contribution in [0, 0.1) is 6.92 Å². The van der Waals surface area contributed by atoms with Crippen molar-refractivity contribution >= 4 is 12.4 Å². The summed E-state index contributed by atoms with van der Waals surface area (Å²) in [5.74, 6) is 0. The largest absolute Gasteiger partial charge is 0.447 e. The highest BCUT2D eigenvalue weighted by atomic mass is 16.2. The fourth-order valence-electron chi connectivity index (χ4n) is 1.70. The Balaban J connectivity index is 2.31. The van der Waals surface area contributed by atoms with Gasteiger partial charge in [0.15, 0.2) is 0 Å². The molecule has 16 heavy (non-hydrogen) atoms. The van der Waals surface area contributed by atoms with Crippen molar-refractivity contribution < 1.29 is 5.02 Å². The molecule has 0 spiro atoms. The zero-order chi connectivity index (χ0) is 11.5. The molecule has 1 nitrogen and oxygen atoms in total. The molecule has 0 bridgehead atoms. The first-order chi connectivity index (χ1) is 7.66. The van der Waals surface area contributed by atoms with E-state index in [-0.39, 0.29) is 0 Å². The van der Waals surface area contributed by atoms with Gasteiger partial charge in [-0.15, -0.1) is 0 Å². The molecule has 2 rings (SSSR count). The first-order valence-corrected chi connectivity index (χ1v) is 5.52. The van der Waals surface area contributed by atoms with Crippen molar-refractivity contribution in [1.29, 1.82) is 0 Å². The summed E-state index contributed by atoms with van der Waals surface area (Å²) in [5, 5.41) is 9.42. The highest BCUT2D eigenvalue weighted by Gasteiger charge is 2.05. The first kappa shape index (κ1) is 11.0. The van der Waals surface area contributed by atoms with Gasteiger partial charge in [-0.1, -0.05) is 60.9 Å². The van der Waals surface area contributed by atoms with Gasteiger partial charge < -0.3 is 5.02 Å². The Morgan fingerprint density at radius 3 is 1.69 bits per heavy atom. The lowest BCUT2D eigenvalue weighted by molar-refractivity contribution is 0.594. The van der Waals surface area contributed by atoms with Crippen LogP contribution in [-0.2, 0) is 0 Å². The summed E-state index contributed by atoms with van der Waals surface area (Å²) in [4.78, 5) is 0. The van der Waals surface area contributed by atoms with E-state index >= 15 is 0 Å². The van der Waals surface area contributed by atoms with Crippen LogP contribution in [0.25, 0.3) is 11.1 Å². The van der Waals surface area contributed by atoms with Crippen molar-refractivity contribution in [2.75, 3.05) is 0 Å². The summed E-state index contributed by atoms with van der Waals surface area (Å²) >= 11 is 0. The summed E-state index contributed by atoms with van der Waals surface area (Å²) in [6, 6.07) is 16.5. The third kappa shape index (κ3) is 2.34. The van der Waals surface area contributed by atoms with E-state index in [9.17, 15) is 5.02 Å². The van der Waals surface area contributed by atoms with Gasteiger partial charge in [0.2, 0.25) is 0 Å². The molecule has 80 valence electrons. The van der Waals surface area contributed by atoms with Crippen LogP contribution < -0.4 is 5.46 Å². The van der Waals surface area contributed by atoms with Crippen molar-refractivity contribution in [3.8, 4) is 11.1 Å². The molecule has 0 fully saturated rings. The Hall–Kier alpha value is -1.54. The first-order valence-electron chi connectivity index (χ1n) is 5.52. The predicted molar refractivity (Wildman–Crippen MR) is 70.1 cm³/mol. The summed E-state index contributed by atoms with van der Waals surface area (Å²) < 4.78 is 0. The lowest BCUT2D eigenvalue weighted by Crippen LogP contribution is -2.25. The molecule has 0 radical (unpaired) electrons. The molecule has 0 saturated heterocycles. The molecule has 2 aromatic carbocycles. The van der Waals surface area contributed by atoms with Crippen molar-refractivity contribution in [3.63, 3.8) is 0 Å². The highest BCUT2D eigenvalue weighted by Crippen LogP contribution is 2.18. The smallest absolute Gasteiger partial charge is 0.320 e. The van der Waals surface area contributed by atoms with Crippen LogP contribution in [0.2, 0.25) is 6.82 Å². The van der Waals surface area contributed by atoms with Crippen molar-refractivity contribution in [3.05, 3.63) is 54.1 Å². The van der Waals surface area contributed by atoms with E-state index < -0.39 is 6.92 Å². The number of benzene rings is 2. The van der Waals surface area contributed by atoms with Crippen LogP contribution in [-0.4, -0.2) is 11.9 Å². The zero-order valence-electron chi connectivity index (χ0n) is 9.64. The summed E-state index contributed by atoms with van der Waals surface area (Å²) in [6.07, 6.45) is 0. The molecule has 0 aromatic heterocycles. The number of hydrogen-bond donors (Lipinski definition) is 1. The molecular formula is C14H15BO. The van der Waals surface area contributed by atoms with Gasteiger partial charge in [-0.05, 0) is 23.5 Å². The van der Waals surface area contributed by atoms with Gasteiger partial charge in [-0.3, -0.25) is 0 Å². The molecule has 2 aromatic rings. The lowest BCUT2D eigenvalue weighted by atomic mass is 9.64. The van der Waals surface area contributed by atoms with E-state index in [2.05, 4.69) is 31.2 Å². The molecule has 0 heterocycles. The molecular weight excluding hydrogens is 195 g/mol. The fourth-order valence-corrected chi connectivity index (χ4v) is 1.70. The Morgan fingerprint density at radius 2 is 1.25 bits per heavy atom. The minimum atomic E-state index is -0.396. The summed E-state index contributed by atoms with van der Waals surface area (Å²) in [7, 11) is 0. The van der Waals surface area contributed by atoms with Gasteiger partial charge in [0.05, 0.1) is 0 Å². The highest BCUT2D eigenvalue weighted by molar-refractivity contribution is 6.64. The SMILES string of the molecule is CB(O)c1ccc(-c2ccc(C)cc2)cc1. The van der Waals surface area contributed by atoms with Gasteiger partial charge in [0, 0.05) is 0 Å². The Bertz CT molecular complexity index is 457. The van der Waals surface area contributed by atoms with E-state index in [0.29, 0.717) is 0 Å². The quantitative estimate of drug-likeness (QED) is 0.755. The van der Waals surface area contributed by atoms with Crippen LogP contribution in [0.4, 0.5) is 0 Å². The number of aryl methyl sites for hydroxylation is 1. The Labute approximate surface area is 96.9 Å². The van der Waals surface area contributed by atoms with E-state index in [4.69, 9.17) is 0 Å². The van der Waals surface area contributed by atoms with Gasteiger partial charge in [0.1, 0.15) is 0 Å². The van der Waals surface area contributed by atoms with Crippen molar-refractivity contribution in [1.82, 2.24) is 0 Å². The lowest BCUT2D eigenvalue weighted by Gasteiger charge is -2.05. The number of rotatable bonds is 2. The van der Waals surface area contributed by atoms with E-state index in [1.807, 2.05) is 24.3 Å². The van der Waals surface area contributed by atoms with Gasteiger partial charge >= 0.3 is 6.92 Å². The van der Waals surface area contributed by atoms with E-state index in [1.165, 1.54) is 16.7 Å². The summed E-state index contributed by atoms with van der Waals surface area (Å²) in [5.41, 5.74) is 4.62. The second kappa shape index (κ2) is 4.54. The molecule has 0 aliphatic carbocycles. The molecule has 0 amide bonds. The molecule has 0 aliphatic heterocycles. The molecule has 0 aliphatic rings. The van der Waals surface area contributed by atoms with E-state index in [1.54, 1.807) is 6.82 Å². The van der Waals surface area contributed by atoms with Crippen LogP contribution in [0.3, 0.4) is 0 Å². The molecule has 2 heteroatoms. The van der Waals surface area contributed by atoms with Gasteiger partial charge in [-0.2, -0.15) is 0 Å². The maximum Gasteiger partial charge on any atom is 0.320 e. The van der Waals surface area contributed by atoms with Crippen LogP contribution in [0.5, 0.6) is 0 Å². The van der Waals surface area contributed by atoms with Crippen molar-refractivity contribution in [2.45, 2.75) is 13.7 Å². The minimum Gasteiger partial charge on any atom is -0.447 e. The standard InChI is InChI=1S/C14H15BO/c1-11-3-5-12(6-4-11)13-7-9-14(10-8-13)15(2)16/h3-10,16H,1-2H3. The third-order valence-electron chi connectivity index (χ3n) is 2.78. The second-order valence-electron chi connectivity index (χ2n) is 4.16. The van der Waals surface area contributed by atoms with Crippen LogP contribution in [0.1, 0.15) is 5.56 Å². The summed E-state index contributed by atoms with van der Waals surface area (Å²) in [6.45, 7) is 3.47. The molecule has 0 saturated carbocycles. The normalized spacial score (nSPS) is 10.2. The van der Waals surface area contributed by atoms with Gasteiger partial charge in [-0.25, -0.2) is 0 Å². The zero-order valence-corrected chi connectivity index (χ0v) is 9.64. The topological polar surface area (TPSA) is 20.2 Å². The molecule has 0 atom stereocenters. The maximum atomic E-state index is 9.42. The fraction of sp³-hybridized carbons (Fsp3) is 0.143. The average molecular weight is 210 g/mol. The van der Waals surface area contributed by atoms with E-state index in [0.717, 1.165) is 5.46 Å². The molecule has 1 N–H and O–H groups in total. The third-order valence-corrected chi connectivity index (χ3v) is 2.78. The van der Waals surface area contributed by atoms with Crippen LogP contribution in [0.15, 0.2) is 48.5 Å².